The molecular weight excluding hydrogens is 905 g/mol. The van der Waals surface area contributed by atoms with E-state index in [2.05, 4.69) is 48.8 Å². The summed E-state index contributed by atoms with van der Waals surface area (Å²) in [7, 11) is 6.69. The minimum atomic E-state index is -0.210. The van der Waals surface area contributed by atoms with Crippen molar-refractivity contribution >= 4 is 69.6 Å². The van der Waals surface area contributed by atoms with Gasteiger partial charge in [-0.3, -0.25) is 9.59 Å². The van der Waals surface area contributed by atoms with Crippen LogP contribution in [0, 0.1) is 11.8 Å². The van der Waals surface area contributed by atoms with E-state index in [0.717, 1.165) is 100 Å². The molecule has 0 atom stereocenters. The lowest BCUT2D eigenvalue weighted by Crippen LogP contribution is -3.00. The third-order valence-electron chi connectivity index (χ3n) is 9.85. The summed E-state index contributed by atoms with van der Waals surface area (Å²) in [4.78, 5) is 27.1. The van der Waals surface area contributed by atoms with Gasteiger partial charge in [-0.15, -0.1) is 0 Å². The van der Waals surface area contributed by atoms with E-state index >= 15 is 0 Å². The quantitative estimate of drug-likeness (QED) is 0.115. The Morgan fingerprint density at radius 1 is 0.643 bits per heavy atom. The number of amides is 2. The van der Waals surface area contributed by atoms with Gasteiger partial charge in [0, 0.05) is 73.5 Å². The monoisotopic (exact) mass is 954 g/mol. The highest BCUT2D eigenvalue weighted by Crippen LogP contribution is 2.26. The first-order valence-electron chi connectivity index (χ1n) is 18.7. The number of benzene rings is 4. The molecule has 0 radical (unpaired) electrons. The molecule has 0 aromatic heterocycles. The second-order valence-electron chi connectivity index (χ2n) is 15.1. The lowest BCUT2D eigenvalue weighted by molar-refractivity contribution is -0.907. The van der Waals surface area contributed by atoms with E-state index in [0.29, 0.717) is 37.1 Å². The van der Waals surface area contributed by atoms with E-state index in [9.17, 15) is 9.59 Å². The molecule has 13 heteroatoms. The molecule has 2 amide bonds. The van der Waals surface area contributed by atoms with E-state index in [1.54, 1.807) is 36.4 Å². The van der Waals surface area contributed by atoms with Crippen molar-refractivity contribution in [1.82, 2.24) is 4.90 Å². The van der Waals surface area contributed by atoms with E-state index < -0.39 is 0 Å². The van der Waals surface area contributed by atoms with Crippen molar-refractivity contribution in [2.45, 2.75) is 38.8 Å². The Balaban J connectivity index is 0.000000244. The molecular formula is C43H51Cl4IN4O4. The van der Waals surface area contributed by atoms with Gasteiger partial charge in [0.15, 0.2) is 0 Å². The lowest BCUT2D eigenvalue weighted by Gasteiger charge is -2.35. The number of carbonyl (C=O) groups excluding carboxylic acids is 2. The number of halogens is 5. The van der Waals surface area contributed by atoms with Crippen molar-refractivity contribution in [3.05, 3.63) is 127 Å². The molecule has 0 spiro atoms. The fourth-order valence-corrected chi connectivity index (χ4v) is 7.60. The summed E-state index contributed by atoms with van der Waals surface area (Å²) < 4.78 is 11.8. The standard InChI is InChI=1S/C22H26Cl2N2O2.C21H24Cl2N2O2.HI/c1-26(2,15-17-9-11-28-12-10-17)14-16-3-6-19(7-4-16)25-22(27)18-5-8-20(23)21(24)13-18;1-25(14-16-8-10-27-11-9-16)13-15-2-5-18(6-3-15)24-21(26)17-4-7-19(22)20(23)12-17;/h3-8,13,17H,9-12,14-15H2,1-2H3;2-7,12,16H,8-11,13-14H2,1H3,(H,24,26);1H. The second kappa shape index (κ2) is 22.6. The van der Waals surface area contributed by atoms with Crippen LogP contribution in [-0.4, -0.2) is 81.9 Å². The Morgan fingerprint density at radius 3 is 1.52 bits per heavy atom. The van der Waals surface area contributed by atoms with Crippen LogP contribution in [0.3, 0.4) is 0 Å². The molecule has 2 aliphatic rings. The van der Waals surface area contributed by atoms with Gasteiger partial charge in [-0.2, -0.15) is 0 Å². The predicted octanol–water partition coefficient (Wildman–Crippen LogP) is 7.36. The summed E-state index contributed by atoms with van der Waals surface area (Å²) in [5, 5.41) is 7.39. The molecule has 2 saturated heterocycles. The lowest BCUT2D eigenvalue weighted by atomic mass is 9.98. The van der Waals surface area contributed by atoms with Crippen molar-refractivity contribution in [2.24, 2.45) is 11.8 Å². The van der Waals surface area contributed by atoms with E-state index in [-0.39, 0.29) is 35.8 Å². The largest absolute Gasteiger partial charge is 1.00 e. The van der Waals surface area contributed by atoms with Crippen LogP contribution in [0.1, 0.15) is 57.5 Å². The number of hydrogen-bond donors (Lipinski definition) is 2. The smallest absolute Gasteiger partial charge is 0.255 e. The molecule has 4 aromatic rings. The Kier molecular flexibility index (Phi) is 18.7. The highest BCUT2D eigenvalue weighted by molar-refractivity contribution is 6.42. The number of anilines is 2. The average Bonchev–Trinajstić information content (AvgIpc) is 3.16. The summed E-state index contributed by atoms with van der Waals surface area (Å²) in [5.41, 5.74) is 4.94. The molecule has 6 rings (SSSR count). The Hall–Kier alpha value is -2.45. The summed E-state index contributed by atoms with van der Waals surface area (Å²) >= 11 is 23.8. The van der Waals surface area contributed by atoms with Crippen LogP contribution in [0.2, 0.25) is 20.1 Å². The zero-order valence-corrected chi connectivity index (χ0v) is 37.3. The fraction of sp³-hybridized carbons (Fsp3) is 0.395. The molecule has 2 aliphatic heterocycles. The summed E-state index contributed by atoms with van der Waals surface area (Å²) in [5.74, 6) is 1.03. The molecule has 2 N–H and O–H groups in total. The normalized spacial score (nSPS) is 15.0. The number of ether oxygens (including phenoxy) is 2. The first kappa shape index (κ1) is 46.2. The van der Waals surface area contributed by atoms with Crippen LogP contribution >= 0.6 is 46.4 Å². The van der Waals surface area contributed by atoms with Gasteiger partial charge >= 0.3 is 0 Å². The van der Waals surface area contributed by atoms with Gasteiger partial charge < -0.3 is 53.5 Å². The first-order chi connectivity index (χ1) is 26.3. The number of rotatable bonds is 12. The van der Waals surface area contributed by atoms with Crippen molar-refractivity contribution in [2.75, 3.05) is 71.3 Å². The molecule has 4 aromatic carbocycles. The highest BCUT2D eigenvalue weighted by atomic mass is 127. The SMILES string of the molecule is CN(Cc1ccc(NC(=O)c2ccc(Cl)c(Cl)c2)cc1)CC1CCOCC1.C[N+](C)(Cc1ccc(NC(=O)c2ccc(Cl)c(Cl)c2)cc1)CC1CCOCC1.[I-]. The van der Waals surface area contributed by atoms with Crippen molar-refractivity contribution in [3.8, 4) is 0 Å². The number of hydrogen-bond acceptors (Lipinski definition) is 5. The van der Waals surface area contributed by atoms with Crippen LogP contribution in [-0.2, 0) is 22.6 Å². The summed E-state index contributed by atoms with van der Waals surface area (Å²) in [6, 6.07) is 25.7. The van der Waals surface area contributed by atoms with Gasteiger partial charge in [-0.1, -0.05) is 70.7 Å². The van der Waals surface area contributed by atoms with Crippen LogP contribution < -0.4 is 34.6 Å². The third-order valence-corrected chi connectivity index (χ3v) is 11.3. The van der Waals surface area contributed by atoms with Crippen molar-refractivity contribution in [1.29, 1.82) is 0 Å². The number of quaternary nitrogens is 1. The van der Waals surface area contributed by atoms with Crippen LogP contribution in [0.4, 0.5) is 11.4 Å². The number of carbonyl (C=O) groups is 2. The molecule has 56 heavy (non-hydrogen) atoms. The van der Waals surface area contributed by atoms with Crippen LogP contribution in [0.5, 0.6) is 0 Å². The zero-order chi connectivity index (χ0) is 39.4. The minimum Gasteiger partial charge on any atom is -1.00 e. The van der Waals surface area contributed by atoms with Crippen molar-refractivity contribution in [3.63, 3.8) is 0 Å². The minimum absolute atomic E-state index is 0. The topological polar surface area (TPSA) is 79.9 Å². The highest BCUT2D eigenvalue weighted by Gasteiger charge is 2.24. The molecule has 2 fully saturated rings. The van der Waals surface area contributed by atoms with Gasteiger partial charge in [0.1, 0.15) is 6.54 Å². The maximum absolute atomic E-state index is 12.4. The predicted molar refractivity (Wildman–Crippen MR) is 226 cm³/mol. The van der Waals surface area contributed by atoms with Crippen LogP contribution in [0.15, 0.2) is 84.9 Å². The number of nitrogens with one attached hydrogen (secondary N) is 2. The van der Waals surface area contributed by atoms with E-state index in [1.807, 2.05) is 36.4 Å². The second-order valence-corrected chi connectivity index (χ2v) is 16.8. The fourth-order valence-electron chi connectivity index (χ4n) is 7.00. The molecule has 2 heterocycles. The van der Waals surface area contributed by atoms with E-state index in [4.69, 9.17) is 55.9 Å². The molecule has 0 aliphatic carbocycles. The van der Waals surface area contributed by atoms with Gasteiger partial charge in [0.2, 0.25) is 0 Å². The molecule has 0 bridgehead atoms. The average molecular weight is 957 g/mol. The van der Waals surface area contributed by atoms with E-state index in [1.165, 1.54) is 11.1 Å². The van der Waals surface area contributed by atoms with Crippen LogP contribution in [0.25, 0.3) is 0 Å². The Morgan fingerprint density at radius 2 is 1.07 bits per heavy atom. The molecule has 0 unspecified atom stereocenters. The zero-order valence-electron chi connectivity index (χ0n) is 32.1. The molecule has 8 nitrogen and oxygen atoms in total. The molecule has 302 valence electrons. The van der Waals surface area contributed by atoms with Crippen molar-refractivity contribution < 1.29 is 47.5 Å². The first-order valence-corrected chi connectivity index (χ1v) is 20.2. The maximum Gasteiger partial charge on any atom is 0.255 e. The van der Waals surface area contributed by atoms with Gasteiger partial charge in [-0.25, -0.2) is 0 Å². The third kappa shape index (κ3) is 15.1. The Bertz CT molecular complexity index is 1870. The van der Waals surface area contributed by atoms with Gasteiger partial charge in [0.05, 0.1) is 40.7 Å². The maximum atomic E-state index is 12.4. The van der Waals surface area contributed by atoms with Gasteiger partial charge in [-0.05, 0) is 105 Å². The summed E-state index contributed by atoms with van der Waals surface area (Å²) in [6.45, 7) is 7.61. The molecule has 0 saturated carbocycles. The Labute approximate surface area is 368 Å². The summed E-state index contributed by atoms with van der Waals surface area (Å²) in [6.07, 6.45) is 4.59. The number of nitrogens with zero attached hydrogens (tertiary/aromatic N) is 2. The van der Waals surface area contributed by atoms with Gasteiger partial charge in [0.25, 0.3) is 11.8 Å².